The Hall–Kier alpha value is -0.170. The highest BCUT2D eigenvalue weighted by Gasteiger charge is 2.16. The van der Waals surface area contributed by atoms with Gasteiger partial charge in [-0.1, -0.05) is 6.92 Å². The Balaban J connectivity index is 3.85. The third-order valence-corrected chi connectivity index (χ3v) is 4.46. The fourth-order valence-corrected chi connectivity index (χ4v) is 2.50. The van der Waals surface area contributed by atoms with Gasteiger partial charge in [-0.25, -0.2) is 12.7 Å². The number of nitrogens with zero attached hydrogens (tertiary/aromatic N) is 2. The van der Waals surface area contributed by atoms with Crippen molar-refractivity contribution in [1.29, 1.82) is 0 Å². The van der Waals surface area contributed by atoms with E-state index < -0.39 is 10.0 Å². The lowest BCUT2D eigenvalue weighted by molar-refractivity contribution is 0.358. The van der Waals surface area contributed by atoms with Crippen LogP contribution >= 0.6 is 0 Å². The standard InChI is InChI=1S/C11H27N3O2S/c1-5-7-12-8-6-11-17(15,16)14(4)10-9-13(2)3/h12H,5-11H2,1-4H3. The van der Waals surface area contributed by atoms with Gasteiger partial charge in [-0.3, -0.25) is 0 Å². The molecule has 17 heavy (non-hydrogen) atoms. The lowest BCUT2D eigenvalue weighted by Gasteiger charge is -2.19. The normalized spacial score (nSPS) is 12.6. The van der Waals surface area contributed by atoms with E-state index in [1.807, 2.05) is 19.0 Å². The van der Waals surface area contributed by atoms with Gasteiger partial charge in [-0.05, 0) is 40.0 Å². The van der Waals surface area contributed by atoms with Crippen molar-refractivity contribution in [1.82, 2.24) is 14.5 Å². The summed E-state index contributed by atoms with van der Waals surface area (Å²) < 4.78 is 25.2. The van der Waals surface area contributed by atoms with E-state index in [-0.39, 0.29) is 5.75 Å². The molecular weight excluding hydrogens is 238 g/mol. The van der Waals surface area contributed by atoms with Crippen LogP contribution in [0.5, 0.6) is 0 Å². The molecule has 0 aromatic rings. The highest BCUT2D eigenvalue weighted by atomic mass is 32.2. The van der Waals surface area contributed by atoms with Crippen LogP contribution in [0.1, 0.15) is 19.8 Å². The van der Waals surface area contributed by atoms with Gasteiger partial charge in [-0.2, -0.15) is 0 Å². The Labute approximate surface area is 106 Å². The summed E-state index contributed by atoms with van der Waals surface area (Å²) in [7, 11) is 2.45. The highest BCUT2D eigenvalue weighted by molar-refractivity contribution is 7.89. The molecule has 0 aliphatic heterocycles. The number of rotatable bonds is 10. The summed E-state index contributed by atoms with van der Waals surface area (Å²) in [5.74, 6) is 0.230. The molecule has 104 valence electrons. The molecule has 0 aromatic heterocycles. The van der Waals surface area contributed by atoms with Crippen LogP contribution in [0.4, 0.5) is 0 Å². The summed E-state index contributed by atoms with van der Waals surface area (Å²) in [6, 6.07) is 0. The lowest BCUT2D eigenvalue weighted by Crippen LogP contribution is -2.35. The van der Waals surface area contributed by atoms with E-state index in [4.69, 9.17) is 0 Å². The van der Waals surface area contributed by atoms with Crippen molar-refractivity contribution in [3.05, 3.63) is 0 Å². The number of likely N-dealkylation sites (N-methyl/N-ethyl adjacent to an activating group) is 2. The number of hydrogen-bond acceptors (Lipinski definition) is 4. The van der Waals surface area contributed by atoms with Crippen molar-refractivity contribution < 1.29 is 8.42 Å². The second-order valence-corrected chi connectivity index (χ2v) is 6.74. The average Bonchev–Trinajstić information content (AvgIpc) is 2.25. The smallest absolute Gasteiger partial charge is 0.213 e. The van der Waals surface area contributed by atoms with E-state index in [1.54, 1.807) is 7.05 Å². The molecule has 0 fully saturated rings. The van der Waals surface area contributed by atoms with Gasteiger partial charge < -0.3 is 10.2 Å². The van der Waals surface area contributed by atoms with Crippen LogP contribution in [0, 0.1) is 0 Å². The van der Waals surface area contributed by atoms with Crippen LogP contribution in [0.15, 0.2) is 0 Å². The lowest BCUT2D eigenvalue weighted by atomic mass is 10.4. The molecule has 0 amide bonds. The van der Waals surface area contributed by atoms with E-state index in [0.29, 0.717) is 13.0 Å². The minimum atomic E-state index is -3.08. The maximum absolute atomic E-state index is 11.9. The Morgan fingerprint density at radius 2 is 1.71 bits per heavy atom. The molecule has 0 aliphatic rings. The van der Waals surface area contributed by atoms with Gasteiger partial charge in [0.05, 0.1) is 5.75 Å². The van der Waals surface area contributed by atoms with Gasteiger partial charge in [-0.15, -0.1) is 0 Å². The van der Waals surface area contributed by atoms with E-state index in [0.717, 1.165) is 26.1 Å². The molecule has 0 atom stereocenters. The largest absolute Gasteiger partial charge is 0.317 e. The van der Waals surface area contributed by atoms with Crippen LogP contribution in [-0.2, 0) is 10.0 Å². The number of sulfonamides is 1. The van der Waals surface area contributed by atoms with Crippen LogP contribution < -0.4 is 5.32 Å². The van der Waals surface area contributed by atoms with Crippen molar-refractivity contribution in [2.24, 2.45) is 0 Å². The van der Waals surface area contributed by atoms with Gasteiger partial charge in [0.1, 0.15) is 0 Å². The summed E-state index contributed by atoms with van der Waals surface area (Å²) in [5.41, 5.74) is 0. The molecule has 1 N–H and O–H groups in total. The summed E-state index contributed by atoms with van der Waals surface area (Å²) >= 11 is 0. The Kier molecular flexibility index (Phi) is 8.77. The first-order valence-corrected chi connectivity index (χ1v) is 7.80. The van der Waals surface area contributed by atoms with E-state index >= 15 is 0 Å². The van der Waals surface area contributed by atoms with Crippen LogP contribution in [-0.4, -0.2) is 70.7 Å². The van der Waals surface area contributed by atoms with Gasteiger partial charge >= 0.3 is 0 Å². The molecule has 0 heterocycles. The molecule has 6 heteroatoms. The topological polar surface area (TPSA) is 52.7 Å². The molecule has 0 rings (SSSR count). The monoisotopic (exact) mass is 265 g/mol. The number of nitrogens with one attached hydrogen (secondary N) is 1. The molecule has 0 saturated heterocycles. The molecule has 0 bridgehead atoms. The van der Waals surface area contributed by atoms with Crippen LogP contribution in [0.3, 0.4) is 0 Å². The SMILES string of the molecule is CCCNCCCS(=O)(=O)N(C)CCN(C)C. The van der Waals surface area contributed by atoms with Crippen molar-refractivity contribution in [2.45, 2.75) is 19.8 Å². The zero-order chi connectivity index (χ0) is 13.3. The van der Waals surface area contributed by atoms with E-state index in [2.05, 4.69) is 12.2 Å². The Morgan fingerprint density at radius 1 is 1.06 bits per heavy atom. The molecule has 5 nitrogen and oxygen atoms in total. The van der Waals surface area contributed by atoms with Crippen molar-refractivity contribution in [3.8, 4) is 0 Å². The Morgan fingerprint density at radius 3 is 2.24 bits per heavy atom. The van der Waals surface area contributed by atoms with Crippen molar-refractivity contribution >= 4 is 10.0 Å². The van der Waals surface area contributed by atoms with Gasteiger partial charge in [0, 0.05) is 20.1 Å². The maximum atomic E-state index is 11.9. The molecule has 0 spiro atoms. The maximum Gasteiger partial charge on any atom is 0.213 e. The first kappa shape index (κ1) is 16.8. The van der Waals surface area contributed by atoms with Gasteiger partial charge in [0.25, 0.3) is 0 Å². The average molecular weight is 265 g/mol. The Bertz CT molecular complexity index is 278. The summed E-state index contributed by atoms with van der Waals surface area (Å²) in [6.45, 7) is 5.13. The molecule has 0 unspecified atom stereocenters. The zero-order valence-electron chi connectivity index (χ0n) is 11.6. The minimum Gasteiger partial charge on any atom is -0.317 e. The van der Waals surface area contributed by atoms with E-state index in [9.17, 15) is 8.42 Å². The summed E-state index contributed by atoms with van der Waals surface area (Å²) in [4.78, 5) is 1.98. The fourth-order valence-electron chi connectivity index (χ4n) is 1.32. The predicted octanol–water partition coefficient (Wildman–Crippen LogP) is 0.199. The molecule has 0 saturated carbocycles. The molecule has 0 aliphatic carbocycles. The van der Waals surface area contributed by atoms with Crippen molar-refractivity contribution in [2.75, 3.05) is 53.1 Å². The zero-order valence-corrected chi connectivity index (χ0v) is 12.4. The summed E-state index contributed by atoms with van der Waals surface area (Å²) in [5, 5.41) is 3.21. The third kappa shape index (κ3) is 8.54. The van der Waals surface area contributed by atoms with Crippen LogP contribution in [0.2, 0.25) is 0 Å². The molecular formula is C11H27N3O2S. The second-order valence-electron chi connectivity index (χ2n) is 4.54. The molecule has 0 aromatic carbocycles. The third-order valence-electron chi connectivity index (χ3n) is 2.52. The van der Waals surface area contributed by atoms with Crippen molar-refractivity contribution in [3.63, 3.8) is 0 Å². The van der Waals surface area contributed by atoms with E-state index in [1.165, 1.54) is 4.31 Å². The second kappa shape index (κ2) is 8.85. The quantitative estimate of drug-likeness (QED) is 0.573. The van der Waals surface area contributed by atoms with Gasteiger partial charge in [0.15, 0.2) is 0 Å². The number of hydrogen-bond donors (Lipinski definition) is 1. The first-order chi connectivity index (χ1) is 7.90. The fraction of sp³-hybridized carbons (Fsp3) is 1.00. The summed E-state index contributed by atoms with van der Waals surface area (Å²) in [6.07, 6.45) is 1.75. The predicted molar refractivity (Wildman–Crippen MR) is 72.7 cm³/mol. The first-order valence-electron chi connectivity index (χ1n) is 6.19. The van der Waals surface area contributed by atoms with Crippen LogP contribution in [0.25, 0.3) is 0 Å². The minimum absolute atomic E-state index is 0.230. The highest BCUT2D eigenvalue weighted by Crippen LogP contribution is 2.00. The van der Waals surface area contributed by atoms with Gasteiger partial charge in [0.2, 0.25) is 10.0 Å². The molecule has 0 radical (unpaired) electrons.